The number of nitrogens with zero attached hydrogens (tertiary/aromatic N) is 1. The minimum Gasteiger partial charge on any atom is -0.481 e. The van der Waals surface area contributed by atoms with Crippen LogP contribution in [0.1, 0.15) is 11.1 Å². The molecule has 0 aliphatic rings. The molecule has 0 aliphatic heterocycles. The first-order valence-corrected chi connectivity index (χ1v) is 5.27. The van der Waals surface area contributed by atoms with Crippen molar-refractivity contribution < 1.29 is 14.3 Å². The Labute approximate surface area is 90.5 Å². The summed E-state index contributed by atoms with van der Waals surface area (Å²) in [6.45, 7) is 0. The molecule has 0 amide bonds. The van der Waals surface area contributed by atoms with Crippen LogP contribution in [0, 0.1) is 17.1 Å². The molecule has 15 heavy (non-hydrogen) atoms. The Bertz CT molecular complexity index is 414. The highest BCUT2D eigenvalue weighted by molar-refractivity contribution is 7.99. The van der Waals surface area contributed by atoms with Crippen molar-refractivity contribution in [1.29, 1.82) is 5.26 Å². The van der Waals surface area contributed by atoms with Crippen molar-refractivity contribution in [2.45, 2.75) is 5.75 Å². The summed E-state index contributed by atoms with van der Waals surface area (Å²) in [7, 11) is 0. The topological polar surface area (TPSA) is 61.1 Å². The molecule has 0 aliphatic carbocycles. The van der Waals surface area contributed by atoms with E-state index in [9.17, 15) is 9.18 Å². The Morgan fingerprint density at radius 3 is 2.93 bits per heavy atom. The fourth-order valence-electron chi connectivity index (χ4n) is 1.04. The Hall–Kier alpha value is -1.54. The highest BCUT2D eigenvalue weighted by atomic mass is 32.2. The quantitative estimate of drug-likeness (QED) is 0.851. The van der Waals surface area contributed by atoms with Gasteiger partial charge >= 0.3 is 5.97 Å². The number of nitriles is 1. The predicted octanol–water partition coefficient (Wildman–Crippen LogP) is 2.02. The van der Waals surface area contributed by atoms with Gasteiger partial charge in [-0.3, -0.25) is 4.79 Å². The smallest absolute Gasteiger partial charge is 0.313 e. The molecule has 1 rings (SSSR count). The van der Waals surface area contributed by atoms with Gasteiger partial charge < -0.3 is 5.11 Å². The molecule has 5 heteroatoms. The van der Waals surface area contributed by atoms with Gasteiger partial charge in [0.15, 0.2) is 0 Å². The summed E-state index contributed by atoms with van der Waals surface area (Å²) in [5.74, 6) is -1.07. The maximum Gasteiger partial charge on any atom is 0.313 e. The first kappa shape index (κ1) is 11.5. The van der Waals surface area contributed by atoms with E-state index in [4.69, 9.17) is 10.4 Å². The van der Waals surface area contributed by atoms with E-state index < -0.39 is 11.8 Å². The third-order valence-electron chi connectivity index (χ3n) is 1.67. The van der Waals surface area contributed by atoms with Gasteiger partial charge in [-0.1, -0.05) is 0 Å². The van der Waals surface area contributed by atoms with Gasteiger partial charge in [-0.2, -0.15) is 5.26 Å². The van der Waals surface area contributed by atoms with Crippen molar-refractivity contribution in [3.63, 3.8) is 0 Å². The number of thioether (sulfide) groups is 1. The lowest BCUT2D eigenvalue weighted by Gasteiger charge is -2.02. The van der Waals surface area contributed by atoms with Crippen LogP contribution in [-0.2, 0) is 10.5 Å². The molecular weight excluding hydrogens is 217 g/mol. The van der Waals surface area contributed by atoms with Gasteiger partial charge in [-0.25, -0.2) is 4.39 Å². The summed E-state index contributed by atoms with van der Waals surface area (Å²) in [6.07, 6.45) is 0. The Balaban J connectivity index is 2.71. The lowest BCUT2D eigenvalue weighted by molar-refractivity contribution is -0.133. The van der Waals surface area contributed by atoms with E-state index in [-0.39, 0.29) is 5.75 Å². The number of carbonyl (C=O) groups is 1. The maximum absolute atomic E-state index is 12.8. The number of carboxylic acids is 1. The summed E-state index contributed by atoms with van der Waals surface area (Å²) in [5, 5.41) is 17.1. The van der Waals surface area contributed by atoms with E-state index in [1.165, 1.54) is 18.2 Å². The first-order chi connectivity index (χ1) is 7.13. The summed E-state index contributed by atoms with van der Waals surface area (Å²) in [4.78, 5) is 10.3. The van der Waals surface area contributed by atoms with Crippen molar-refractivity contribution >= 4 is 17.7 Å². The normalized spacial score (nSPS) is 9.60. The highest BCUT2D eigenvalue weighted by Crippen LogP contribution is 2.17. The molecule has 0 unspecified atom stereocenters. The SMILES string of the molecule is N#Cc1ccc(F)cc1CSCC(=O)O. The second kappa shape index (κ2) is 5.37. The molecule has 0 spiro atoms. The summed E-state index contributed by atoms with van der Waals surface area (Å²) in [5.41, 5.74) is 0.915. The Kier molecular flexibility index (Phi) is 4.13. The van der Waals surface area contributed by atoms with Crippen LogP contribution >= 0.6 is 11.8 Å². The molecule has 78 valence electrons. The Morgan fingerprint density at radius 1 is 1.60 bits per heavy atom. The predicted molar refractivity (Wildman–Crippen MR) is 54.9 cm³/mol. The van der Waals surface area contributed by atoms with Crippen LogP contribution in [0.2, 0.25) is 0 Å². The van der Waals surface area contributed by atoms with Gasteiger partial charge in [0.1, 0.15) is 5.82 Å². The molecule has 0 saturated carbocycles. The largest absolute Gasteiger partial charge is 0.481 e. The lowest BCUT2D eigenvalue weighted by atomic mass is 10.1. The minimum atomic E-state index is -0.921. The van der Waals surface area contributed by atoms with Gasteiger partial charge in [-0.05, 0) is 23.8 Å². The molecule has 1 aromatic carbocycles. The Morgan fingerprint density at radius 2 is 2.33 bits per heavy atom. The molecular formula is C10H8FNO2S. The number of carboxylic acid groups (broad SMARTS) is 1. The molecule has 1 aromatic rings. The molecule has 0 saturated heterocycles. The fourth-order valence-corrected chi connectivity index (χ4v) is 1.77. The van der Waals surface area contributed by atoms with Crippen molar-refractivity contribution in [1.82, 2.24) is 0 Å². The monoisotopic (exact) mass is 225 g/mol. The van der Waals surface area contributed by atoms with E-state index in [1.807, 2.05) is 6.07 Å². The second-order valence-corrected chi connectivity index (χ2v) is 3.79. The number of hydrogen-bond donors (Lipinski definition) is 1. The van der Waals surface area contributed by atoms with Gasteiger partial charge in [-0.15, -0.1) is 11.8 Å². The summed E-state index contributed by atoms with van der Waals surface area (Å²) >= 11 is 1.14. The van der Waals surface area contributed by atoms with E-state index >= 15 is 0 Å². The zero-order valence-corrected chi connectivity index (χ0v) is 8.55. The number of benzene rings is 1. The molecule has 1 N–H and O–H groups in total. The average molecular weight is 225 g/mol. The van der Waals surface area contributed by atoms with Gasteiger partial charge in [0.05, 0.1) is 17.4 Å². The molecule has 0 atom stereocenters. The molecule has 0 bridgehead atoms. The van der Waals surface area contributed by atoms with Crippen LogP contribution in [0.4, 0.5) is 4.39 Å². The number of halogens is 1. The zero-order valence-electron chi connectivity index (χ0n) is 7.74. The third-order valence-corrected chi connectivity index (χ3v) is 2.64. The zero-order chi connectivity index (χ0) is 11.3. The van der Waals surface area contributed by atoms with E-state index in [1.54, 1.807) is 0 Å². The lowest BCUT2D eigenvalue weighted by Crippen LogP contribution is -1.99. The molecule has 0 aromatic heterocycles. The first-order valence-electron chi connectivity index (χ1n) is 4.11. The van der Waals surface area contributed by atoms with Crippen LogP contribution in [0.15, 0.2) is 18.2 Å². The average Bonchev–Trinajstić information content (AvgIpc) is 2.17. The van der Waals surface area contributed by atoms with E-state index in [0.717, 1.165) is 11.8 Å². The second-order valence-electron chi connectivity index (χ2n) is 2.80. The molecule has 0 fully saturated rings. The minimum absolute atomic E-state index is 0.0542. The maximum atomic E-state index is 12.8. The van der Waals surface area contributed by atoms with Crippen LogP contribution in [0.5, 0.6) is 0 Å². The van der Waals surface area contributed by atoms with Crippen LogP contribution in [-0.4, -0.2) is 16.8 Å². The number of hydrogen-bond acceptors (Lipinski definition) is 3. The molecule has 0 radical (unpaired) electrons. The van der Waals surface area contributed by atoms with Crippen molar-refractivity contribution in [3.05, 3.63) is 35.1 Å². The highest BCUT2D eigenvalue weighted by Gasteiger charge is 2.05. The van der Waals surface area contributed by atoms with E-state index in [2.05, 4.69) is 0 Å². The number of aliphatic carboxylic acids is 1. The summed E-state index contributed by atoms with van der Waals surface area (Å²) < 4.78 is 12.8. The van der Waals surface area contributed by atoms with Crippen LogP contribution in [0.3, 0.4) is 0 Å². The van der Waals surface area contributed by atoms with Crippen LogP contribution in [0.25, 0.3) is 0 Å². The number of rotatable bonds is 4. The standard InChI is InChI=1S/C10H8FNO2S/c11-9-2-1-7(4-12)8(3-9)5-15-6-10(13)14/h1-3H,5-6H2,(H,13,14). The third kappa shape index (κ3) is 3.60. The molecule has 3 nitrogen and oxygen atoms in total. The molecule has 0 heterocycles. The summed E-state index contributed by atoms with van der Waals surface area (Å²) in [6, 6.07) is 5.80. The van der Waals surface area contributed by atoms with Crippen molar-refractivity contribution in [2.24, 2.45) is 0 Å². The van der Waals surface area contributed by atoms with E-state index in [0.29, 0.717) is 16.9 Å². The van der Waals surface area contributed by atoms with Crippen LogP contribution < -0.4 is 0 Å². The van der Waals surface area contributed by atoms with Crippen molar-refractivity contribution in [2.75, 3.05) is 5.75 Å². The van der Waals surface area contributed by atoms with Gasteiger partial charge in [0, 0.05) is 5.75 Å². The fraction of sp³-hybridized carbons (Fsp3) is 0.200. The van der Waals surface area contributed by atoms with Crippen molar-refractivity contribution in [3.8, 4) is 6.07 Å². The van der Waals surface area contributed by atoms with Gasteiger partial charge in [0.2, 0.25) is 0 Å². The van der Waals surface area contributed by atoms with Gasteiger partial charge in [0.25, 0.3) is 0 Å².